The van der Waals surface area contributed by atoms with E-state index in [1.54, 1.807) is 4.90 Å². The van der Waals surface area contributed by atoms with Gasteiger partial charge in [-0.1, -0.05) is 18.2 Å². The van der Waals surface area contributed by atoms with Crippen LogP contribution < -0.4 is 5.32 Å². The maximum atomic E-state index is 12.5. The number of carbonyl (C=O) groups excluding carboxylic acids is 2. The second kappa shape index (κ2) is 6.20. The molecule has 6 nitrogen and oxygen atoms in total. The smallest absolute Gasteiger partial charge is 0.229 e. The van der Waals surface area contributed by atoms with Crippen LogP contribution in [0.3, 0.4) is 0 Å². The van der Waals surface area contributed by atoms with E-state index in [1.807, 2.05) is 32.0 Å². The molecule has 2 amide bonds. The summed E-state index contributed by atoms with van der Waals surface area (Å²) < 4.78 is 23.2. The minimum atomic E-state index is -3.05. The first-order valence-corrected chi connectivity index (χ1v) is 9.96. The molecule has 1 N–H and O–H groups in total. The van der Waals surface area contributed by atoms with Crippen molar-refractivity contribution in [2.75, 3.05) is 23.4 Å². The van der Waals surface area contributed by atoms with E-state index in [0.717, 1.165) is 16.8 Å². The van der Waals surface area contributed by atoms with Crippen molar-refractivity contribution in [1.82, 2.24) is 4.90 Å². The summed E-state index contributed by atoms with van der Waals surface area (Å²) in [6.07, 6.45) is 0.618. The number of aryl methyl sites for hydroxylation is 2. The number of nitrogens with one attached hydrogen (secondary N) is 1. The molecule has 0 aromatic heterocycles. The molecule has 7 heteroatoms. The van der Waals surface area contributed by atoms with Gasteiger partial charge in [-0.05, 0) is 31.4 Å². The normalized spacial score (nSPS) is 25.9. The van der Waals surface area contributed by atoms with Crippen LogP contribution in [-0.4, -0.2) is 49.2 Å². The Labute approximate surface area is 142 Å². The van der Waals surface area contributed by atoms with Crippen LogP contribution in [0.2, 0.25) is 0 Å². The predicted molar refractivity (Wildman–Crippen MR) is 91.4 cm³/mol. The largest absolute Gasteiger partial charge is 0.338 e. The average molecular weight is 350 g/mol. The molecule has 2 saturated heterocycles. The highest BCUT2D eigenvalue weighted by Crippen LogP contribution is 2.28. The third-order valence-corrected chi connectivity index (χ3v) is 6.66. The zero-order chi connectivity index (χ0) is 17.5. The van der Waals surface area contributed by atoms with E-state index < -0.39 is 15.8 Å². The minimum Gasteiger partial charge on any atom is -0.338 e. The minimum absolute atomic E-state index is 0.0178. The number of hydrogen-bond donors (Lipinski definition) is 1. The number of para-hydroxylation sites is 1. The van der Waals surface area contributed by atoms with Gasteiger partial charge in [-0.15, -0.1) is 0 Å². The van der Waals surface area contributed by atoms with Gasteiger partial charge < -0.3 is 10.2 Å². The summed E-state index contributed by atoms with van der Waals surface area (Å²) in [7, 11) is -3.05. The molecule has 1 aromatic carbocycles. The number of carbonyl (C=O) groups is 2. The standard InChI is InChI=1S/C17H22N2O4S/c1-11-4-3-5-12(2)16(11)18-17(21)13-8-15(20)19(9-13)14-6-7-24(22,23)10-14/h3-5,13-14H,6-10H2,1-2H3,(H,18,21). The molecule has 0 aliphatic carbocycles. The summed E-state index contributed by atoms with van der Waals surface area (Å²) in [4.78, 5) is 26.4. The Balaban J connectivity index is 1.68. The van der Waals surface area contributed by atoms with Crippen LogP contribution in [0.25, 0.3) is 0 Å². The van der Waals surface area contributed by atoms with E-state index in [2.05, 4.69) is 5.32 Å². The lowest BCUT2D eigenvalue weighted by Gasteiger charge is -2.23. The Bertz CT molecular complexity index is 768. The zero-order valence-electron chi connectivity index (χ0n) is 13.9. The molecule has 2 aliphatic heterocycles. The van der Waals surface area contributed by atoms with E-state index >= 15 is 0 Å². The monoisotopic (exact) mass is 350 g/mol. The fraction of sp³-hybridized carbons (Fsp3) is 0.529. The maximum absolute atomic E-state index is 12.5. The molecule has 2 heterocycles. The van der Waals surface area contributed by atoms with Gasteiger partial charge in [0.05, 0.1) is 17.4 Å². The summed E-state index contributed by atoms with van der Waals surface area (Å²) in [6.45, 7) is 4.16. The number of hydrogen-bond acceptors (Lipinski definition) is 4. The van der Waals surface area contributed by atoms with Crippen molar-refractivity contribution in [2.24, 2.45) is 5.92 Å². The van der Waals surface area contributed by atoms with Crippen LogP contribution in [0, 0.1) is 19.8 Å². The average Bonchev–Trinajstić information content (AvgIpc) is 3.05. The fourth-order valence-corrected chi connectivity index (χ4v) is 5.25. The highest BCUT2D eigenvalue weighted by molar-refractivity contribution is 7.91. The molecule has 0 radical (unpaired) electrons. The molecular formula is C17H22N2O4S. The number of amides is 2. The van der Waals surface area contributed by atoms with Crippen molar-refractivity contribution in [1.29, 1.82) is 0 Å². The quantitative estimate of drug-likeness (QED) is 0.890. The number of nitrogens with zero attached hydrogens (tertiary/aromatic N) is 1. The topological polar surface area (TPSA) is 83.6 Å². The second-order valence-electron chi connectivity index (χ2n) is 6.76. The third kappa shape index (κ3) is 3.31. The van der Waals surface area contributed by atoms with Gasteiger partial charge in [-0.25, -0.2) is 8.42 Å². The maximum Gasteiger partial charge on any atom is 0.229 e. The van der Waals surface area contributed by atoms with Crippen LogP contribution in [0.5, 0.6) is 0 Å². The van der Waals surface area contributed by atoms with Gasteiger partial charge in [-0.2, -0.15) is 0 Å². The van der Waals surface area contributed by atoms with Crippen LogP contribution in [0.15, 0.2) is 18.2 Å². The first-order chi connectivity index (χ1) is 11.3. The van der Waals surface area contributed by atoms with E-state index in [0.29, 0.717) is 13.0 Å². The molecule has 0 bridgehead atoms. The molecule has 0 saturated carbocycles. The van der Waals surface area contributed by atoms with Crippen molar-refractivity contribution in [3.05, 3.63) is 29.3 Å². The SMILES string of the molecule is Cc1cccc(C)c1NC(=O)C1CC(=O)N(C2CCS(=O)(=O)C2)C1. The first kappa shape index (κ1) is 17.0. The van der Waals surface area contributed by atoms with Crippen LogP contribution in [-0.2, 0) is 19.4 Å². The van der Waals surface area contributed by atoms with Gasteiger partial charge in [0.25, 0.3) is 0 Å². The molecular weight excluding hydrogens is 328 g/mol. The van der Waals surface area contributed by atoms with Crippen molar-refractivity contribution < 1.29 is 18.0 Å². The summed E-state index contributed by atoms with van der Waals surface area (Å²) >= 11 is 0. The van der Waals surface area contributed by atoms with Gasteiger partial charge in [0.2, 0.25) is 11.8 Å². The van der Waals surface area contributed by atoms with E-state index in [9.17, 15) is 18.0 Å². The molecule has 3 rings (SSSR count). The van der Waals surface area contributed by atoms with E-state index in [-0.39, 0.29) is 35.8 Å². The Morgan fingerprint density at radius 1 is 1.25 bits per heavy atom. The molecule has 2 aliphatic rings. The lowest BCUT2D eigenvalue weighted by Crippen LogP contribution is -2.38. The summed E-state index contributed by atoms with van der Waals surface area (Å²) in [5.74, 6) is -0.590. The van der Waals surface area contributed by atoms with Crippen molar-refractivity contribution in [3.63, 3.8) is 0 Å². The van der Waals surface area contributed by atoms with Crippen molar-refractivity contribution in [3.8, 4) is 0 Å². The molecule has 2 atom stereocenters. The van der Waals surface area contributed by atoms with Crippen LogP contribution >= 0.6 is 0 Å². The van der Waals surface area contributed by atoms with Gasteiger partial charge >= 0.3 is 0 Å². The Morgan fingerprint density at radius 2 is 1.92 bits per heavy atom. The molecule has 2 fully saturated rings. The lowest BCUT2D eigenvalue weighted by molar-refractivity contribution is -0.129. The molecule has 0 spiro atoms. The lowest BCUT2D eigenvalue weighted by atomic mass is 10.1. The Morgan fingerprint density at radius 3 is 2.50 bits per heavy atom. The fourth-order valence-electron chi connectivity index (χ4n) is 3.52. The third-order valence-electron chi connectivity index (χ3n) is 4.91. The van der Waals surface area contributed by atoms with Crippen molar-refractivity contribution >= 4 is 27.3 Å². The van der Waals surface area contributed by atoms with Gasteiger partial charge in [0, 0.05) is 24.7 Å². The van der Waals surface area contributed by atoms with Gasteiger partial charge in [-0.3, -0.25) is 9.59 Å². The van der Waals surface area contributed by atoms with Crippen LogP contribution in [0.1, 0.15) is 24.0 Å². The van der Waals surface area contributed by atoms with Gasteiger partial charge in [0.15, 0.2) is 9.84 Å². The van der Waals surface area contributed by atoms with Crippen LogP contribution in [0.4, 0.5) is 5.69 Å². The molecule has 130 valence electrons. The molecule has 24 heavy (non-hydrogen) atoms. The van der Waals surface area contributed by atoms with Crippen molar-refractivity contribution in [2.45, 2.75) is 32.7 Å². The number of sulfone groups is 1. The van der Waals surface area contributed by atoms with Gasteiger partial charge in [0.1, 0.15) is 0 Å². The number of likely N-dealkylation sites (tertiary alicyclic amines) is 1. The molecule has 2 unspecified atom stereocenters. The zero-order valence-corrected chi connectivity index (χ0v) is 14.7. The van der Waals surface area contributed by atoms with E-state index in [1.165, 1.54) is 0 Å². The first-order valence-electron chi connectivity index (χ1n) is 8.14. The Hall–Kier alpha value is -1.89. The summed E-state index contributed by atoms with van der Waals surface area (Å²) in [5.41, 5.74) is 2.75. The predicted octanol–water partition coefficient (Wildman–Crippen LogP) is 1.28. The number of rotatable bonds is 3. The summed E-state index contributed by atoms with van der Waals surface area (Å²) in [5, 5.41) is 2.93. The number of benzene rings is 1. The second-order valence-corrected chi connectivity index (χ2v) is 8.99. The highest BCUT2D eigenvalue weighted by atomic mass is 32.2. The number of anilines is 1. The summed E-state index contributed by atoms with van der Waals surface area (Å²) in [6, 6.07) is 5.51. The Kier molecular flexibility index (Phi) is 4.38. The highest BCUT2D eigenvalue weighted by Gasteiger charge is 2.41. The van der Waals surface area contributed by atoms with E-state index in [4.69, 9.17) is 0 Å². The molecule has 1 aromatic rings.